The molecule has 2 nitrogen and oxygen atoms in total. The number of halogens is 1. The van der Waals surface area contributed by atoms with Crippen LogP contribution in [-0.4, -0.2) is 11.7 Å². The molecule has 0 aliphatic rings. The summed E-state index contributed by atoms with van der Waals surface area (Å²) in [5.74, 6) is -0.241. The average Bonchev–Trinajstić information content (AvgIpc) is 2.92. The molecule has 0 aliphatic heterocycles. The van der Waals surface area contributed by atoms with Gasteiger partial charge in [-0.2, -0.15) is 0 Å². The normalized spacial score (nSPS) is 14.3. The largest absolute Gasteiger partial charge is 0.394 e. The molecule has 1 atom stereocenters. The van der Waals surface area contributed by atoms with Gasteiger partial charge in [-0.3, -0.25) is 0 Å². The maximum Gasteiger partial charge on any atom is 0.126 e. The maximum absolute atomic E-state index is 13.7. The van der Waals surface area contributed by atoms with Crippen molar-refractivity contribution in [2.45, 2.75) is 25.9 Å². The third kappa shape index (κ3) is 3.21. The van der Waals surface area contributed by atoms with Crippen molar-refractivity contribution >= 4 is 11.3 Å². The minimum atomic E-state index is -0.640. The molecule has 1 unspecified atom stereocenters. The Kier molecular flexibility index (Phi) is 4.34. The van der Waals surface area contributed by atoms with Crippen molar-refractivity contribution < 1.29 is 9.50 Å². The van der Waals surface area contributed by atoms with Gasteiger partial charge in [-0.05, 0) is 42.5 Å². The lowest BCUT2D eigenvalue weighted by Gasteiger charge is -2.29. The lowest BCUT2D eigenvalue weighted by molar-refractivity contribution is 0.173. The second-order valence-electron chi connectivity index (χ2n) is 4.89. The van der Waals surface area contributed by atoms with Crippen LogP contribution in [0.1, 0.15) is 22.9 Å². The zero-order chi connectivity index (χ0) is 13.9. The summed E-state index contributed by atoms with van der Waals surface area (Å²) < 4.78 is 13.7. The van der Waals surface area contributed by atoms with E-state index in [2.05, 4.69) is 5.32 Å². The first kappa shape index (κ1) is 14.2. The Labute approximate surface area is 116 Å². The molecule has 1 heterocycles. The summed E-state index contributed by atoms with van der Waals surface area (Å²) in [5.41, 5.74) is 0.732. The van der Waals surface area contributed by atoms with Crippen LogP contribution in [0.2, 0.25) is 0 Å². The van der Waals surface area contributed by atoms with E-state index in [0.717, 1.165) is 5.56 Å². The summed E-state index contributed by atoms with van der Waals surface area (Å²) >= 11 is 1.66. The van der Waals surface area contributed by atoms with E-state index >= 15 is 0 Å². The van der Waals surface area contributed by atoms with Crippen molar-refractivity contribution in [1.29, 1.82) is 0 Å². The maximum atomic E-state index is 13.7. The van der Waals surface area contributed by atoms with Gasteiger partial charge < -0.3 is 10.4 Å². The van der Waals surface area contributed by atoms with E-state index in [1.54, 1.807) is 24.3 Å². The van der Waals surface area contributed by atoms with Crippen LogP contribution in [0.25, 0.3) is 0 Å². The van der Waals surface area contributed by atoms with E-state index in [0.29, 0.717) is 12.1 Å². The molecule has 0 aliphatic carbocycles. The van der Waals surface area contributed by atoms with Crippen LogP contribution in [0.4, 0.5) is 4.39 Å². The van der Waals surface area contributed by atoms with Gasteiger partial charge in [0.25, 0.3) is 0 Å². The van der Waals surface area contributed by atoms with Gasteiger partial charge in [0.2, 0.25) is 0 Å². The second kappa shape index (κ2) is 5.82. The Balaban J connectivity index is 2.18. The molecule has 2 aromatic rings. The molecule has 1 aromatic heterocycles. The van der Waals surface area contributed by atoms with Gasteiger partial charge in [-0.1, -0.05) is 18.2 Å². The molecule has 19 heavy (non-hydrogen) atoms. The number of nitrogens with one attached hydrogen (secondary N) is 1. The first-order chi connectivity index (χ1) is 9.05. The number of rotatable bonds is 5. The van der Waals surface area contributed by atoms with E-state index in [4.69, 9.17) is 0 Å². The van der Waals surface area contributed by atoms with Gasteiger partial charge in [0.15, 0.2) is 0 Å². The molecule has 2 N–H and O–H groups in total. The van der Waals surface area contributed by atoms with Gasteiger partial charge in [-0.25, -0.2) is 4.39 Å². The van der Waals surface area contributed by atoms with E-state index in [9.17, 15) is 9.50 Å². The highest BCUT2D eigenvalue weighted by molar-refractivity contribution is 7.09. The quantitative estimate of drug-likeness (QED) is 0.881. The van der Waals surface area contributed by atoms with Gasteiger partial charge in [0, 0.05) is 11.4 Å². The van der Waals surface area contributed by atoms with E-state index in [1.807, 2.05) is 30.5 Å². The number of aliphatic hydroxyl groups is 1. The first-order valence-corrected chi connectivity index (χ1v) is 7.08. The van der Waals surface area contributed by atoms with Crippen molar-refractivity contribution in [2.24, 2.45) is 0 Å². The Morgan fingerprint density at radius 3 is 2.74 bits per heavy atom. The van der Waals surface area contributed by atoms with Crippen molar-refractivity contribution in [3.63, 3.8) is 0 Å². The molecule has 0 bridgehead atoms. The van der Waals surface area contributed by atoms with E-state index in [-0.39, 0.29) is 12.4 Å². The Hall–Kier alpha value is -1.23. The van der Waals surface area contributed by atoms with Crippen molar-refractivity contribution in [3.8, 4) is 0 Å². The van der Waals surface area contributed by atoms with Crippen molar-refractivity contribution in [2.75, 3.05) is 6.61 Å². The van der Waals surface area contributed by atoms with Crippen LogP contribution in [0.5, 0.6) is 0 Å². The fraction of sp³-hybridized carbons (Fsp3) is 0.333. The number of aryl methyl sites for hydroxylation is 1. The van der Waals surface area contributed by atoms with Crippen LogP contribution in [0.15, 0.2) is 35.7 Å². The van der Waals surface area contributed by atoms with Crippen LogP contribution < -0.4 is 5.32 Å². The lowest BCUT2D eigenvalue weighted by atomic mass is 9.92. The topological polar surface area (TPSA) is 32.3 Å². The smallest absolute Gasteiger partial charge is 0.126 e. The molecule has 1 aromatic carbocycles. The summed E-state index contributed by atoms with van der Waals surface area (Å²) in [5, 5.41) is 15.0. The molecule has 0 amide bonds. The zero-order valence-electron chi connectivity index (χ0n) is 11.1. The highest BCUT2D eigenvalue weighted by Crippen LogP contribution is 2.23. The van der Waals surface area contributed by atoms with Crippen LogP contribution in [0.3, 0.4) is 0 Å². The van der Waals surface area contributed by atoms with E-state index < -0.39 is 5.54 Å². The summed E-state index contributed by atoms with van der Waals surface area (Å²) in [6, 6.07) is 9.11. The predicted octanol–water partition coefficient (Wildman–Crippen LogP) is 3.19. The molecule has 0 fully saturated rings. The van der Waals surface area contributed by atoms with Crippen molar-refractivity contribution in [3.05, 3.63) is 57.5 Å². The average molecular weight is 279 g/mol. The summed E-state index contributed by atoms with van der Waals surface area (Å²) in [6.07, 6.45) is 0. The van der Waals surface area contributed by atoms with Gasteiger partial charge >= 0.3 is 0 Å². The highest BCUT2D eigenvalue weighted by Gasteiger charge is 2.25. The van der Waals surface area contributed by atoms with E-state index in [1.165, 1.54) is 10.9 Å². The molecule has 0 radical (unpaired) electrons. The second-order valence-corrected chi connectivity index (χ2v) is 5.92. The fourth-order valence-corrected chi connectivity index (χ4v) is 2.53. The molecule has 102 valence electrons. The van der Waals surface area contributed by atoms with Gasteiger partial charge in [-0.15, -0.1) is 11.3 Å². The molecule has 0 saturated heterocycles. The Morgan fingerprint density at radius 2 is 2.16 bits per heavy atom. The third-order valence-corrected chi connectivity index (χ3v) is 4.23. The molecular weight excluding hydrogens is 261 g/mol. The van der Waals surface area contributed by atoms with Gasteiger partial charge in [0.05, 0.1) is 12.1 Å². The number of hydrogen-bond donors (Lipinski definition) is 2. The number of benzene rings is 1. The molecule has 4 heteroatoms. The predicted molar refractivity (Wildman–Crippen MR) is 76.7 cm³/mol. The monoisotopic (exact) mass is 279 g/mol. The molecule has 0 spiro atoms. The summed E-state index contributed by atoms with van der Waals surface area (Å²) in [7, 11) is 0. The highest BCUT2D eigenvalue weighted by atomic mass is 32.1. The Morgan fingerprint density at radius 1 is 1.37 bits per heavy atom. The van der Waals surface area contributed by atoms with Crippen molar-refractivity contribution in [1.82, 2.24) is 5.32 Å². The third-order valence-electron chi connectivity index (χ3n) is 3.36. The lowest BCUT2D eigenvalue weighted by Crippen LogP contribution is -2.42. The SMILES string of the molecule is Cc1ccc(C(C)(CO)NCc2cccs2)cc1F. The minimum absolute atomic E-state index is 0.0825. The van der Waals surface area contributed by atoms with Gasteiger partial charge in [0.1, 0.15) is 5.82 Å². The van der Waals surface area contributed by atoms with Crippen LogP contribution in [-0.2, 0) is 12.1 Å². The summed E-state index contributed by atoms with van der Waals surface area (Å²) in [6.45, 7) is 4.18. The fourth-order valence-electron chi connectivity index (χ4n) is 1.88. The van der Waals surface area contributed by atoms with Crippen LogP contribution in [0, 0.1) is 12.7 Å². The molecule has 0 saturated carbocycles. The standard InChI is InChI=1S/C15H18FNOS/c1-11-5-6-12(8-14(11)16)15(2,10-18)17-9-13-4-3-7-19-13/h3-8,17-18H,9-10H2,1-2H3. The Bertz CT molecular complexity index is 541. The number of thiophene rings is 1. The summed E-state index contributed by atoms with van der Waals surface area (Å²) in [4.78, 5) is 1.19. The zero-order valence-corrected chi connectivity index (χ0v) is 11.9. The van der Waals surface area contributed by atoms with Crippen LogP contribution >= 0.6 is 11.3 Å². The number of hydrogen-bond acceptors (Lipinski definition) is 3. The molecular formula is C15H18FNOS. The first-order valence-electron chi connectivity index (χ1n) is 6.20. The number of aliphatic hydroxyl groups excluding tert-OH is 1. The minimum Gasteiger partial charge on any atom is -0.394 e. The molecule has 2 rings (SSSR count).